The highest BCUT2D eigenvalue weighted by Crippen LogP contribution is 2.31. The fourth-order valence-electron chi connectivity index (χ4n) is 5.02. The summed E-state index contributed by atoms with van der Waals surface area (Å²) in [6, 6.07) is 14.8. The first kappa shape index (κ1) is 20.0. The van der Waals surface area contributed by atoms with E-state index in [1.54, 1.807) is 0 Å². The Labute approximate surface area is 183 Å². The number of hydrogen-bond donors (Lipinski definition) is 1. The largest absolute Gasteiger partial charge is 0.396 e. The molecule has 2 aromatic carbocycles. The third kappa shape index (κ3) is 3.79. The van der Waals surface area contributed by atoms with Crippen molar-refractivity contribution in [2.24, 2.45) is 0 Å². The van der Waals surface area contributed by atoms with Crippen molar-refractivity contribution in [2.75, 3.05) is 31.6 Å². The van der Waals surface area contributed by atoms with Gasteiger partial charge in [-0.1, -0.05) is 18.2 Å². The molecular weight excluding hydrogens is 386 g/mol. The zero-order chi connectivity index (χ0) is 21.4. The van der Waals surface area contributed by atoms with Crippen LogP contribution in [-0.4, -0.2) is 53.7 Å². The second-order valence-electron chi connectivity index (χ2n) is 8.82. The van der Waals surface area contributed by atoms with Crippen molar-refractivity contribution in [3.8, 4) is 11.1 Å². The van der Waals surface area contributed by atoms with Gasteiger partial charge in [-0.3, -0.25) is 4.79 Å². The van der Waals surface area contributed by atoms with E-state index in [-0.39, 0.29) is 18.6 Å². The number of fused-ring (bicyclic) bond motifs is 2. The van der Waals surface area contributed by atoms with Gasteiger partial charge in [0.1, 0.15) is 5.82 Å². The van der Waals surface area contributed by atoms with E-state index >= 15 is 0 Å². The van der Waals surface area contributed by atoms with E-state index in [9.17, 15) is 9.90 Å². The summed E-state index contributed by atoms with van der Waals surface area (Å²) in [5.41, 5.74) is 4.32. The summed E-state index contributed by atoms with van der Waals surface area (Å²) in [4.78, 5) is 22.0. The minimum absolute atomic E-state index is 0.0797. The lowest BCUT2D eigenvalue weighted by Gasteiger charge is -2.35. The number of benzene rings is 2. The SMILES string of the molecule is CN1CCc2cc(-c3ccc4cc(C(=O)N5CCCCC5CCO)ccc4c3)cnc21. The fraction of sp³-hybridized carbons (Fsp3) is 0.385. The number of aromatic nitrogens is 1. The lowest BCUT2D eigenvalue weighted by atomic mass is 9.97. The third-order valence-corrected chi connectivity index (χ3v) is 6.79. The standard InChI is InChI=1S/C26H29N3O2/c1-28-12-9-21-16-23(17-27-25(21)28)20-6-5-19-15-22(8-7-18(19)14-20)26(31)29-11-3-2-4-24(29)10-13-30/h5-8,14-17,24,30H,2-4,9-13H2,1H3. The zero-order valence-corrected chi connectivity index (χ0v) is 18.1. The summed E-state index contributed by atoms with van der Waals surface area (Å²) in [6.45, 7) is 1.93. The van der Waals surface area contributed by atoms with Crippen LogP contribution in [0.3, 0.4) is 0 Å². The van der Waals surface area contributed by atoms with Crippen LogP contribution in [0.25, 0.3) is 21.9 Å². The molecule has 0 saturated carbocycles. The first-order valence-electron chi connectivity index (χ1n) is 11.3. The number of likely N-dealkylation sites (N-methyl/N-ethyl adjacent to an activating group) is 1. The second kappa shape index (κ2) is 8.31. The van der Waals surface area contributed by atoms with Gasteiger partial charge in [0.2, 0.25) is 0 Å². The van der Waals surface area contributed by atoms with Gasteiger partial charge < -0.3 is 14.9 Å². The maximum atomic E-state index is 13.2. The van der Waals surface area contributed by atoms with E-state index in [2.05, 4.69) is 41.2 Å². The molecule has 1 saturated heterocycles. The number of hydrogen-bond acceptors (Lipinski definition) is 4. The molecule has 1 atom stereocenters. The number of carbonyl (C=O) groups excluding carboxylic acids is 1. The number of piperidine rings is 1. The number of pyridine rings is 1. The molecule has 0 spiro atoms. The number of aliphatic hydroxyl groups is 1. The van der Waals surface area contributed by atoms with Gasteiger partial charge in [0, 0.05) is 50.1 Å². The third-order valence-electron chi connectivity index (χ3n) is 6.79. The van der Waals surface area contributed by atoms with Crippen LogP contribution in [0.2, 0.25) is 0 Å². The van der Waals surface area contributed by atoms with Gasteiger partial charge in [-0.2, -0.15) is 0 Å². The van der Waals surface area contributed by atoms with Crippen LogP contribution in [-0.2, 0) is 6.42 Å². The molecule has 31 heavy (non-hydrogen) atoms. The minimum atomic E-state index is 0.0797. The van der Waals surface area contributed by atoms with Crippen LogP contribution >= 0.6 is 0 Å². The number of carbonyl (C=O) groups is 1. The van der Waals surface area contributed by atoms with Crippen molar-refractivity contribution >= 4 is 22.5 Å². The molecule has 1 amide bonds. The number of rotatable bonds is 4. The molecule has 5 heteroatoms. The van der Waals surface area contributed by atoms with Gasteiger partial charge in [-0.15, -0.1) is 0 Å². The van der Waals surface area contributed by atoms with Crippen LogP contribution in [0.15, 0.2) is 48.7 Å². The topological polar surface area (TPSA) is 56.7 Å². The molecule has 5 rings (SSSR count). The van der Waals surface area contributed by atoms with Gasteiger partial charge >= 0.3 is 0 Å². The van der Waals surface area contributed by atoms with Crippen LogP contribution in [0.1, 0.15) is 41.6 Å². The first-order chi connectivity index (χ1) is 15.1. The average molecular weight is 416 g/mol. The maximum Gasteiger partial charge on any atom is 0.254 e. The lowest BCUT2D eigenvalue weighted by molar-refractivity contribution is 0.0575. The minimum Gasteiger partial charge on any atom is -0.396 e. The molecular formula is C26H29N3O2. The Morgan fingerprint density at radius 1 is 1.06 bits per heavy atom. The van der Waals surface area contributed by atoms with E-state index in [0.717, 1.165) is 72.1 Å². The highest BCUT2D eigenvalue weighted by Gasteiger charge is 2.27. The monoisotopic (exact) mass is 415 g/mol. The molecule has 0 bridgehead atoms. The Morgan fingerprint density at radius 2 is 1.90 bits per heavy atom. The molecule has 1 unspecified atom stereocenters. The summed E-state index contributed by atoms with van der Waals surface area (Å²) in [7, 11) is 2.09. The van der Waals surface area contributed by atoms with Crippen LogP contribution in [0, 0.1) is 0 Å². The predicted molar refractivity (Wildman–Crippen MR) is 125 cm³/mol. The van der Waals surface area contributed by atoms with E-state index in [4.69, 9.17) is 0 Å². The van der Waals surface area contributed by atoms with E-state index in [1.807, 2.05) is 29.3 Å². The van der Waals surface area contributed by atoms with Crippen molar-refractivity contribution in [1.29, 1.82) is 0 Å². The Balaban J connectivity index is 1.42. The fourth-order valence-corrected chi connectivity index (χ4v) is 5.02. The highest BCUT2D eigenvalue weighted by atomic mass is 16.3. The van der Waals surface area contributed by atoms with Crippen LogP contribution < -0.4 is 4.90 Å². The quantitative estimate of drug-likeness (QED) is 0.691. The number of amides is 1. The molecule has 1 N–H and O–H groups in total. The Kier molecular flexibility index (Phi) is 5.36. The van der Waals surface area contributed by atoms with Crippen LogP contribution in [0.5, 0.6) is 0 Å². The van der Waals surface area contributed by atoms with Gasteiger partial charge in [0.25, 0.3) is 5.91 Å². The molecule has 2 aliphatic heterocycles. The number of likely N-dealkylation sites (tertiary alicyclic amines) is 1. The summed E-state index contributed by atoms with van der Waals surface area (Å²) in [5.74, 6) is 1.17. The normalized spacial score (nSPS) is 18.5. The summed E-state index contributed by atoms with van der Waals surface area (Å²) < 4.78 is 0. The predicted octanol–water partition coefficient (Wildman–Crippen LogP) is 4.27. The Hall–Kier alpha value is -2.92. The van der Waals surface area contributed by atoms with Crippen molar-refractivity contribution in [3.63, 3.8) is 0 Å². The number of aliphatic hydroxyl groups excluding tert-OH is 1. The number of nitrogens with zero attached hydrogens (tertiary/aromatic N) is 3. The molecule has 3 aromatic rings. The maximum absolute atomic E-state index is 13.2. The smallest absolute Gasteiger partial charge is 0.254 e. The lowest BCUT2D eigenvalue weighted by Crippen LogP contribution is -2.44. The van der Waals surface area contributed by atoms with E-state index in [0.29, 0.717) is 6.42 Å². The molecule has 1 aromatic heterocycles. The molecule has 160 valence electrons. The van der Waals surface area contributed by atoms with Crippen molar-refractivity contribution in [1.82, 2.24) is 9.88 Å². The average Bonchev–Trinajstić information content (AvgIpc) is 3.18. The van der Waals surface area contributed by atoms with Crippen molar-refractivity contribution in [2.45, 2.75) is 38.1 Å². The summed E-state index contributed by atoms with van der Waals surface area (Å²) in [5, 5.41) is 11.6. The molecule has 1 fully saturated rings. The molecule has 2 aliphatic rings. The highest BCUT2D eigenvalue weighted by molar-refractivity contribution is 5.99. The zero-order valence-electron chi connectivity index (χ0n) is 18.1. The van der Waals surface area contributed by atoms with E-state index in [1.165, 1.54) is 5.56 Å². The van der Waals surface area contributed by atoms with Gasteiger partial charge in [-0.25, -0.2) is 4.98 Å². The summed E-state index contributed by atoms with van der Waals surface area (Å²) in [6.07, 6.45) is 6.80. The Morgan fingerprint density at radius 3 is 2.77 bits per heavy atom. The molecule has 0 radical (unpaired) electrons. The van der Waals surface area contributed by atoms with E-state index < -0.39 is 0 Å². The second-order valence-corrected chi connectivity index (χ2v) is 8.82. The Bertz CT molecular complexity index is 1120. The molecule has 0 aliphatic carbocycles. The van der Waals surface area contributed by atoms with Crippen molar-refractivity contribution < 1.29 is 9.90 Å². The molecule has 3 heterocycles. The molecule has 5 nitrogen and oxygen atoms in total. The van der Waals surface area contributed by atoms with Crippen LogP contribution in [0.4, 0.5) is 5.82 Å². The summed E-state index contributed by atoms with van der Waals surface area (Å²) >= 11 is 0. The van der Waals surface area contributed by atoms with Gasteiger partial charge in [0.05, 0.1) is 0 Å². The first-order valence-corrected chi connectivity index (χ1v) is 11.3. The van der Waals surface area contributed by atoms with Gasteiger partial charge in [-0.05, 0) is 78.3 Å². The number of anilines is 1. The van der Waals surface area contributed by atoms with Crippen molar-refractivity contribution in [3.05, 3.63) is 59.8 Å². The van der Waals surface area contributed by atoms with Gasteiger partial charge in [0.15, 0.2) is 0 Å².